The van der Waals surface area contributed by atoms with Crippen LogP contribution >= 0.6 is 11.8 Å². The molecule has 1 aliphatic rings. The summed E-state index contributed by atoms with van der Waals surface area (Å²) in [5, 5.41) is -1.19. The van der Waals surface area contributed by atoms with Crippen LogP contribution in [0.2, 0.25) is 0 Å². The number of amides is 1. The number of aromatic nitrogens is 2. The van der Waals surface area contributed by atoms with Crippen molar-refractivity contribution in [2.24, 2.45) is 0 Å². The molecule has 1 heterocycles. The first-order valence-electron chi connectivity index (χ1n) is 23.6. The van der Waals surface area contributed by atoms with Crippen molar-refractivity contribution in [2.75, 3.05) is 26.1 Å². The fourth-order valence-corrected chi connectivity index (χ4v) is 5.04. The summed E-state index contributed by atoms with van der Waals surface area (Å²) in [6.07, 6.45) is -15.7. The molecule has 0 aliphatic heterocycles. The number of carbonyl (C=O) groups is 1. The minimum atomic E-state index is -4.65. The second-order valence-corrected chi connectivity index (χ2v) is 10.6. The summed E-state index contributed by atoms with van der Waals surface area (Å²) in [6.45, 7) is -22.5. The van der Waals surface area contributed by atoms with Crippen molar-refractivity contribution in [3.63, 3.8) is 0 Å². The Kier molecular flexibility index (Phi) is 5.51. The molecular formula is C36H38F4N4O2S. The number of likely N-dealkylation sites (N-methyl/N-ethyl adjacent to an activating group) is 1. The Morgan fingerprint density at radius 3 is 2.23 bits per heavy atom. The Morgan fingerprint density at radius 1 is 0.957 bits per heavy atom. The van der Waals surface area contributed by atoms with Crippen LogP contribution in [-0.4, -0.2) is 51.3 Å². The Morgan fingerprint density at radius 2 is 1.60 bits per heavy atom. The lowest BCUT2D eigenvalue weighted by molar-refractivity contribution is -0.137. The van der Waals surface area contributed by atoms with Gasteiger partial charge >= 0.3 is 6.18 Å². The summed E-state index contributed by atoms with van der Waals surface area (Å²) < 4.78 is 221. The van der Waals surface area contributed by atoms with Crippen LogP contribution in [0.4, 0.5) is 17.6 Å². The second-order valence-electron chi connectivity index (χ2n) is 9.83. The van der Waals surface area contributed by atoms with Crippen molar-refractivity contribution in [1.29, 1.82) is 0 Å². The highest BCUT2D eigenvalue weighted by atomic mass is 32.2. The molecule has 0 radical (unpaired) electrons. The third-order valence-corrected chi connectivity index (χ3v) is 7.56. The third-order valence-electron chi connectivity index (χ3n) is 6.77. The summed E-state index contributed by atoms with van der Waals surface area (Å²) in [5.74, 6) is -2.70. The summed E-state index contributed by atoms with van der Waals surface area (Å²) >= 11 is -0.150. The van der Waals surface area contributed by atoms with Crippen LogP contribution < -0.4 is 5.56 Å². The van der Waals surface area contributed by atoms with E-state index in [2.05, 4.69) is 4.98 Å². The first-order valence-corrected chi connectivity index (χ1v) is 14.4. The molecule has 0 saturated carbocycles. The zero-order chi connectivity index (χ0) is 51.1. The number of rotatable bonds is 13. The summed E-state index contributed by atoms with van der Waals surface area (Å²) in [5.41, 5.74) is -8.09. The molecule has 0 saturated heterocycles. The maximum atomic E-state index is 15.0. The first-order chi connectivity index (χ1) is 30.2. The van der Waals surface area contributed by atoms with Crippen molar-refractivity contribution in [2.45, 2.75) is 62.9 Å². The van der Waals surface area contributed by atoms with Crippen LogP contribution in [0.15, 0.2) is 82.7 Å². The molecule has 11 heteroatoms. The van der Waals surface area contributed by atoms with E-state index in [0.29, 0.717) is 10.5 Å². The molecule has 248 valence electrons. The predicted octanol–water partition coefficient (Wildman–Crippen LogP) is 7.22. The molecule has 0 bridgehead atoms. The van der Waals surface area contributed by atoms with Crippen LogP contribution in [0.5, 0.6) is 0 Å². The molecule has 0 N–H and O–H groups in total. The van der Waals surface area contributed by atoms with E-state index < -0.39 is 123 Å². The summed E-state index contributed by atoms with van der Waals surface area (Å²) in [7, 11) is 0. The van der Waals surface area contributed by atoms with Crippen LogP contribution in [-0.2, 0) is 42.5 Å². The maximum Gasteiger partial charge on any atom is 0.416 e. The number of hydrogen-bond acceptors (Lipinski definition) is 5. The lowest BCUT2D eigenvalue weighted by Crippen LogP contribution is -2.40. The van der Waals surface area contributed by atoms with Gasteiger partial charge in [0.1, 0.15) is 12.3 Å². The predicted molar refractivity (Wildman–Crippen MR) is 177 cm³/mol. The minimum absolute atomic E-state index is 0.0255. The smallest absolute Gasteiger partial charge is 0.336 e. The standard InChI is InChI=1S/C36H38F4N4O2S/c1-3-42(4-2)20-21-43(22-25-8-12-27(13-9-25)28-14-16-29(17-15-28)36(38,39)40)33(45)23-44-32-7-5-6-31(32)34(46)41-35(44)47-24-26-10-18-30(37)19-11-26/h8-19H,3-7,20-24H2,1-2H3/i1D3,2D3,3D2,4D2,5D2,6D2,7D2,23D2,24D2. The molecule has 3 aromatic carbocycles. The second kappa shape index (κ2) is 15.3. The fraction of sp³-hybridized carbons (Fsp3) is 0.361. The highest BCUT2D eigenvalue weighted by Crippen LogP contribution is 2.31. The monoisotopic (exact) mass is 686 g/mol. The van der Waals surface area contributed by atoms with Gasteiger partial charge in [-0.05, 0) is 78.6 Å². The molecule has 0 unspecified atom stereocenters. The topological polar surface area (TPSA) is 58.4 Å². The molecule has 47 heavy (non-hydrogen) atoms. The molecule has 6 nitrogen and oxygen atoms in total. The van der Waals surface area contributed by atoms with Gasteiger partial charge in [0.05, 0.1) is 8.30 Å². The molecule has 1 amide bonds. The van der Waals surface area contributed by atoms with Crippen LogP contribution in [0.3, 0.4) is 0 Å². The number of carbonyl (C=O) groups excluding carboxylic acids is 1. The third kappa shape index (κ3) is 8.70. The Bertz CT molecular complexity index is 2530. The number of nitrogens with zero attached hydrogens (tertiary/aromatic N) is 4. The highest BCUT2D eigenvalue weighted by Gasteiger charge is 2.30. The van der Waals surface area contributed by atoms with E-state index >= 15 is 0 Å². The van der Waals surface area contributed by atoms with E-state index in [-0.39, 0.29) is 37.9 Å². The lowest BCUT2D eigenvalue weighted by atomic mass is 10.0. The van der Waals surface area contributed by atoms with Gasteiger partial charge in [-0.2, -0.15) is 18.2 Å². The van der Waals surface area contributed by atoms with Gasteiger partial charge in [0, 0.05) is 61.3 Å². The van der Waals surface area contributed by atoms with Crippen molar-refractivity contribution < 1.29 is 49.8 Å². The van der Waals surface area contributed by atoms with Gasteiger partial charge in [0.2, 0.25) is 5.91 Å². The number of benzene rings is 3. The molecule has 0 spiro atoms. The zero-order valence-corrected chi connectivity index (χ0v) is 24.9. The van der Waals surface area contributed by atoms with Gasteiger partial charge in [-0.25, -0.2) is 4.39 Å². The average Bonchev–Trinajstić information content (AvgIpc) is 3.29. The molecule has 4 aromatic rings. The van der Waals surface area contributed by atoms with E-state index in [9.17, 15) is 29.9 Å². The number of thioether (sulfide) groups is 1. The van der Waals surface area contributed by atoms with Gasteiger partial charge in [0.25, 0.3) is 5.56 Å². The largest absolute Gasteiger partial charge is 0.416 e. The van der Waals surface area contributed by atoms with Gasteiger partial charge in [-0.15, -0.1) is 0 Å². The quantitative estimate of drug-likeness (QED) is 0.0845. The van der Waals surface area contributed by atoms with Crippen LogP contribution in [0.25, 0.3) is 11.1 Å². The molecule has 1 aliphatic carbocycles. The molecule has 0 atom stereocenters. The first kappa shape index (κ1) is 16.9. The van der Waals surface area contributed by atoms with Crippen LogP contribution in [0, 0.1) is 5.82 Å². The summed E-state index contributed by atoms with van der Waals surface area (Å²) in [6, 6.07) is 12.8. The normalized spacial score (nSPS) is 24.1. The van der Waals surface area contributed by atoms with Gasteiger partial charge < -0.3 is 14.4 Å². The van der Waals surface area contributed by atoms with E-state index in [4.69, 9.17) is 24.7 Å². The van der Waals surface area contributed by atoms with E-state index in [1.807, 2.05) is 0 Å². The fourth-order valence-electron chi connectivity index (χ4n) is 4.33. The van der Waals surface area contributed by atoms with Gasteiger partial charge in [0.15, 0.2) is 5.16 Å². The molecule has 0 fully saturated rings. The van der Waals surface area contributed by atoms with E-state index in [0.717, 1.165) is 48.5 Å². The molecule has 1 aromatic heterocycles. The van der Waals surface area contributed by atoms with E-state index in [1.165, 1.54) is 24.3 Å². The Balaban J connectivity index is 1.73. The number of alkyl halides is 3. The van der Waals surface area contributed by atoms with Crippen molar-refractivity contribution in [3.05, 3.63) is 117 Å². The van der Waals surface area contributed by atoms with Crippen molar-refractivity contribution >= 4 is 17.7 Å². The summed E-state index contributed by atoms with van der Waals surface area (Å²) in [4.78, 5) is 32.4. The minimum Gasteiger partial charge on any atom is -0.336 e. The van der Waals surface area contributed by atoms with E-state index in [1.54, 1.807) is 0 Å². The number of fused-ring (bicyclic) bond motifs is 1. The van der Waals surface area contributed by atoms with Crippen LogP contribution in [0.1, 0.15) is 75.4 Å². The van der Waals surface area contributed by atoms with Gasteiger partial charge in [-0.3, -0.25) is 9.59 Å². The Hall–Kier alpha value is -3.96. The SMILES string of the molecule is [2H]C([2H])(Sc1nc(=O)c2c(n1C([2H])([2H])C(=O)N(CCN(C([2H])([2H])C([2H])([2H])[2H])C([2H])([2H])C([2H])([2H])[2H])Cc1ccc(-c3ccc(C(F)(F)F)cc3)cc1)C([2H])([2H])C([2H])([2H])C2([2H])[2H])c1ccc(F)cc1. The maximum absolute atomic E-state index is 15.0. The lowest BCUT2D eigenvalue weighted by Gasteiger charge is -2.28. The zero-order valence-electron chi connectivity index (χ0n) is 44.1. The Labute approximate surface area is 304 Å². The molecule has 5 rings (SSSR count). The van der Waals surface area contributed by atoms with Crippen molar-refractivity contribution in [3.8, 4) is 11.1 Å². The highest BCUT2D eigenvalue weighted by molar-refractivity contribution is 7.98. The average molecular weight is 687 g/mol. The number of halogens is 4. The molecular weight excluding hydrogens is 628 g/mol. The van der Waals surface area contributed by atoms with Crippen molar-refractivity contribution in [1.82, 2.24) is 19.4 Å². The van der Waals surface area contributed by atoms with Gasteiger partial charge in [-0.1, -0.05) is 74.0 Å². The number of hydrogen-bond donors (Lipinski definition) is 0.